The first-order chi connectivity index (χ1) is 9.71. The number of carbonyl (C=O) groups excluding carboxylic acids is 1. The van der Waals surface area contributed by atoms with Crippen molar-refractivity contribution in [3.05, 3.63) is 35.9 Å². The molecule has 1 N–H and O–H groups in total. The van der Waals surface area contributed by atoms with Gasteiger partial charge in [0, 0.05) is 6.42 Å². The molecule has 1 aromatic rings. The van der Waals surface area contributed by atoms with Gasteiger partial charge in [0.25, 0.3) is 5.60 Å². The summed E-state index contributed by atoms with van der Waals surface area (Å²) in [5.41, 5.74) is -2.16. The van der Waals surface area contributed by atoms with Gasteiger partial charge in [-0.05, 0) is 33.3 Å². The third-order valence-corrected chi connectivity index (χ3v) is 2.73. The molecule has 0 saturated carbocycles. The van der Waals surface area contributed by atoms with Crippen molar-refractivity contribution in [2.45, 2.75) is 45.3 Å². The topological polar surface area (TPSA) is 72.8 Å². The zero-order chi connectivity index (χ0) is 16.1. The molecule has 0 bridgehead atoms. The molecule has 0 aromatic heterocycles. The number of ether oxygens (including phenoxy) is 2. The Kier molecular flexibility index (Phi) is 5.49. The highest BCUT2D eigenvalue weighted by Crippen LogP contribution is 2.27. The van der Waals surface area contributed by atoms with Crippen LogP contribution in [0.1, 0.15) is 33.3 Å². The smallest absolute Gasteiger partial charge is 0.350 e. The number of hydrogen-bond donors (Lipinski definition) is 1. The number of carboxylic acids is 1. The number of benzene rings is 1. The number of hydrogen-bond acceptors (Lipinski definition) is 4. The van der Waals surface area contributed by atoms with Crippen molar-refractivity contribution >= 4 is 11.9 Å². The molecule has 0 heterocycles. The standard InChI is InChI=1S/C16H22O5/c1-5-20-14(19)16(13(17)18,21-15(2,3)4)11-12-9-7-6-8-10-12/h6-10H,5,11H2,1-4H3,(H,17,18). The maximum atomic E-state index is 12.3. The summed E-state index contributed by atoms with van der Waals surface area (Å²) in [5, 5.41) is 9.62. The van der Waals surface area contributed by atoms with Gasteiger partial charge in [0.05, 0.1) is 12.2 Å². The van der Waals surface area contributed by atoms with Crippen LogP contribution >= 0.6 is 0 Å². The molecule has 1 unspecified atom stereocenters. The fourth-order valence-corrected chi connectivity index (χ4v) is 2.01. The summed E-state index contributed by atoms with van der Waals surface area (Å²) in [6, 6.07) is 8.89. The summed E-state index contributed by atoms with van der Waals surface area (Å²) in [6.45, 7) is 6.83. The molecule has 0 aliphatic rings. The van der Waals surface area contributed by atoms with Crippen LogP contribution in [0.4, 0.5) is 0 Å². The van der Waals surface area contributed by atoms with Gasteiger partial charge in [-0.25, -0.2) is 9.59 Å². The molecule has 0 fully saturated rings. The predicted molar refractivity (Wildman–Crippen MR) is 78.0 cm³/mol. The van der Waals surface area contributed by atoms with Crippen molar-refractivity contribution in [3.8, 4) is 0 Å². The van der Waals surface area contributed by atoms with Crippen LogP contribution in [-0.2, 0) is 25.5 Å². The summed E-state index contributed by atoms with van der Waals surface area (Å²) < 4.78 is 10.6. The van der Waals surface area contributed by atoms with Crippen molar-refractivity contribution in [1.29, 1.82) is 0 Å². The molecule has 5 heteroatoms. The van der Waals surface area contributed by atoms with Crippen molar-refractivity contribution in [2.24, 2.45) is 0 Å². The molecule has 21 heavy (non-hydrogen) atoms. The number of aliphatic carboxylic acids is 1. The lowest BCUT2D eigenvalue weighted by atomic mass is 9.93. The zero-order valence-corrected chi connectivity index (χ0v) is 12.9. The highest BCUT2D eigenvalue weighted by molar-refractivity contribution is 6.03. The van der Waals surface area contributed by atoms with E-state index in [4.69, 9.17) is 9.47 Å². The Morgan fingerprint density at radius 2 is 1.71 bits per heavy atom. The van der Waals surface area contributed by atoms with Gasteiger partial charge in [-0.2, -0.15) is 0 Å². The minimum Gasteiger partial charge on any atom is -0.479 e. The van der Waals surface area contributed by atoms with Crippen LogP contribution < -0.4 is 0 Å². The van der Waals surface area contributed by atoms with Gasteiger partial charge in [-0.1, -0.05) is 30.3 Å². The number of esters is 1. The van der Waals surface area contributed by atoms with Crippen LogP contribution in [0.25, 0.3) is 0 Å². The first-order valence-electron chi connectivity index (χ1n) is 6.86. The van der Waals surface area contributed by atoms with Crippen LogP contribution in [0.5, 0.6) is 0 Å². The quantitative estimate of drug-likeness (QED) is 0.644. The van der Waals surface area contributed by atoms with Gasteiger partial charge in [-0.15, -0.1) is 0 Å². The Morgan fingerprint density at radius 1 is 1.14 bits per heavy atom. The third kappa shape index (κ3) is 4.56. The van der Waals surface area contributed by atoms with Crippen molar-refractivity contribution in [1.82, 2.24) is 0 Å². The van der Waals surface area contributed by atoms with E-state index in [0.717, 1.165) is 0 Å². The number of rotatable bonds is 6. The molecule has 0 aliphatic heterocycles. The Bertz CT molecular complexity index is 489. The summed E-state index contributed by atoms with van der Waals surface area (Å²) in [7, 11) is 0. The Hall–Kier alpha value is -1.88. The van der Waals surface area contributed by atoms with Gasteiger partial charge >= 0.3 is 11.9 Å². The molecule has 1 atom stereocenters. The molecule has 1 rings (SSSR count). The molecule has 0 aliphatic carbocycles. The van der Waals surface area contributed by atoms with Crippen LogP contribution in [0.15, 0.2) is 30.3 Å². The molecule has 0 amide bonds. The van der Waals surface area contributed by atoms with E-state index in [9.17, 15) is 14.7 Å². The van der Waals surface area contributed by atoms with E-state index in [1.54, 1.807) is 52.0 Å². The molecule has 1 aromatic carbocycles. The van der Waals surface area contributed by atoms with E-state index in [1.807, 2.05) is 6.07 Å². The van der Waals surface area contributed by atoms with E-state index in [-0.39, 0.29) is 13.0 Å². The average Bonchev–Trinajstić information content (AvgIpc) is 2.37. The van der Waals surface area contributed by atoms with Crippen molar-refractivity contribution < 1.29 is 24.2 Å². The minimum absolute atomic E-state index is 0.0841. The summed E-state index contributed by atoms with van der Waals surface area (Å²) in [5.74, 6) is -2.23. The molecule has 0 radical (unpaired) electrons. The first kappa shape index (κ1) is 17.2. The Morgan fingerprint density at radius 3 is 2.14 bits per heavy atom. The Labute approximate surface area is 124 Å². The first-order valence-corrected chi connectivity index (χ1v) is 6.86. The summed E-state index contributed by atoms with van der Waals surface area (Å²) >= 11 is 0. The van der Waals surface area contributed by atoms with E-state index in [0.29, 0.717) is 5.56 Å². The lowest BCUT2D eigenvalue weighted by Gasteiger charge is -2.34. The van der Waals surface area contributed by atoms with Gasteiger partial charge < -0.3 is 14.6 Å². The van der Waals surface area contributed by atoms with E-state index in [1.165, 1.54) is 0 Å². The maximum Gasteiger partial charge on any atom is 0.350 e. The van der Waals surface area contributed by atoms with Gasteiger partial charge in [0.1, 0.15) is 0 Å². The van der Waals surface area contributed by atoms with Crippen molar-refractivity contribution in [3.63, 3.8) is 0 Å². The fourth-order valence-electron chi connectivity index (χ4n) is 2.01. The molecule has 5 nitrogen and oxygen atoms in total. The second-order valence-corrected chi connectivity index (χ2v) is 5.73. The zero-order valence-electron chi connectivity index (χ0n) is 12.9. The molecular weight excluding hydrogens is 272 g/mol. The summed E-state index contributed by atoms with van der Waals surface area (Å²) in [4.78, 5) is 24.1. The predicted octanol–water partition coefficient (Wildman–Crippen LogP) is 2.43. The van der Waals surface area contributed by atoms with E-state index in [2.05, 4.69) is 0 Å². The van der Waals surface area contributed by atoms with Gasteiger partial charge in [-0.3, -0.25) is 0 Å². The van der Waals surface area contributed by atoms with Crippen molar-refractivity contribution in [2.75, 3.05) is 6.61 Å². The number of carboxylic acid groups (broad SMARTS) is 1. The third-order valence-electron chi connectivity index (χ3n) is 2.73. The second kappa shape index (κ2) is 6.72. The van der Waals surface area contributed by atoms with E-state index < -0.39 is 23.1 Å². The highest BCUT2D eigenvalue weighted by atomic mass is 16.6. The summed E-state index contributed by atoms with van der Waals surface area (Å²) in [6.07, 6.45) is -0.0841. The SMILES string of the molecule is CCOC(=O)C(Cc1ccccc1)(OC(C)(C)C)C(=O)O. The van der Waals surface area contributed by atoms with Gasteiger partial charge in [0.15, 0.2) is 0 Å². The fraction of sp³-hybridized carbons (Fsp3) is 0.500. The number of carbonyl (C=O) groups is 2. The lowest BCUT2D eigenvalue weighted by Crippen LogP contribution is -2.55. The second-order valence-electron chi connectivity index (χ2n) is 5.73. The molecule has 116 valence electrons. The normalized spacial score (nSPS) is 14.3. The average molecular weight is 294 g/mol. The van der Waals surface area contributed by atoms with Gasteiger partial charge in [0.2, 0.25) is 0 Å². The monoisotopic (exact) mass is 294 g/mol. The van der Waals surface area contributed by atoms with Crippen LogP contribution in [0.2, 0.25) is 0 Å². The Balaban J connectivity index is 3.23. The maximum absolute atomic E-state index is 12.3. The molecule has 0 spiro atoms. The van der Waals surface area contributed by atoms with Crippen LogP contribution in [-0.4, -0.2) is 34.9 Å². The highest BCUT2D eigenvalue weighted by Gasteiger charge is 2.51. The van der Waals surface area contributed by atoms with E-state index >= 15 is 0 Å². The van der Waals surface area contributed by atoms with Crippen LogP contribution in [0.3, 0.4) is 0 Å². The van der Waals surface area contributed by atoms with Crippen LogP contribution in [0, 0.1) is 0 Å². The largest absolute Gasteiger partial charge is 0.479 e. The minimum atomic E-state index is -2.05. The molecular formula is C16H22O5. The molecule has 0 saturated heterocycles. The lowest BCUT2D eigenvalue weighted by molar-refractivity contribution is -0.203.